The molecule has 9 heteroatoms. The number of hydrogen-bond donors (Lipinski definition) is 3. The van der Waals surface area contributed by atoms with E-state index in [0.717, 1.165) is 5.56 Å². The Morgan fingerprint density at radius 2 is 1.68 bits per heavy atom. The Kier molecular flexibility index (Phi) is 7.45. The van der Waals surface area contributed by atoms with E-state index in [1.807, 2.05) is 26.0 Å². The molecule has 1 aromatic heterocycles. The number of hydrogen-bond acceptors (Lipinski definition) is 8. The summed E-state index contributed by atoms with van der Waals surface area (Å²) in [6.45, 7) is 3.70. The lowest BCUT2D eigenvalue weighted by Gasteiger charge is -2.25. The van der Waals surface area contributed by atoms with E-state index in [1.165, 1.54) is 17.0 Å². The van der Waals surface area contributed by atoms with Crippen LogP contribution in [0.4, 0.5) is 17.1 Å². The molecule has 0 saturated carbocycles. The van der Waals surface area contributed by atoms with Crippen LogP contribution in [-0.2, 0) is 11.2 Å². The van der Waals surface area contributed by atoms with Gasteiger partial charge < -0.3 is 20.6 Å². The molecule has 1 atom stereocenters. The van der Waals surface area contributed by atoms with Gasteiger partial charge in [-0.3, -0.25) is 24.2 Å². The Balaban J connectivity index is 1.81. The van der Waals surface area contributed by atoms with Gasteiger partial charge in [0.15, 0.2) is 11.5 Å². The minimum Gasteiger partial charge on any atom is -0.505 e. The van der Waals surface area contributed by atoms with Crippen molar-refractivity contribution in [3.63, 3.8) is 0 Å². The van der Waals surface area contributed by atoms with Crippen molar-refractivity contribution in [3.05, 3.63) is 74.3 Å². The van der Waals surface area contributed by atoms with Crippen LogP contribution >= 0.6 is 0 Å². The van der Waals surface area contributed by atoms with Gasteiger partial charge in [-0.05, 0) is 42.2 Å². The van der Waals surface area contributed by atoms with Gasteiger partial charge in [0.25, 0.3) is 16.8 Å². The van der Waals surface area contributed by atoms with Gasteiger partial charge in [0, 0.05) is 32.9 Å². The molecule has 0 aliphatic rings. The summed E-state index contributed by atoms with van der Waals surface area (Å²) in [7, 11) is 3.11. The van der Waals surface area contributed by atoms with Crippen LogP contribution in [0.15, 0.2) is 52.3 Å². The molecule has 34 heavy (non-hydrogen) atoms. The molecule has 0 fully saturated rings. The number of phenolic OH excluding ortho intramolecular Hbond substituents is 1. The zero-order chi connectivity index (χ0) is 25.0. The highest BCUT2D eigenvalue weighted by Crippen LogP contribution is 2.32. The van der Waals surface area contributed by atoms with Gasteiger partial charge >= 0.3 is 0 Å². The third kappa shape index (κ3) is 5.14. The molecule has 3 N–H and O–H groups in total. The smallest absolute Gasteiger partial charge is 0.257 e. The average molecular weight is 465 g/mol. The Morgan fingerprint density at radius 3 is 2.29 bits per heavy atom. The summed E-state index contributed by atoms with van der Waals surface area (Å²) in [5.41, 5.74) is -0.437. The van der Waals surface area contributed by atoms with E-state index >= 15 is 0 Å². The van der Waals surface area contributed by atoms with Gasteiger partial charge in [-0.15, -0.1) is 0 Å². The van der Waals surface area contributed by atoms with Crippen molar-refractivity contribution in [2.75, 3.05) is 24.7 Å². The molecule has 0 bridgehead atoms. The second kappa shape index (κ2) is 10.3. The summed E-state index contributed by atoms with van der Waals surface area (Å²) in [5, 5.41) is 16.2. The van der Waals surface area contributed by atoms with Crippen molar-refractivity contribution in [3.8, 4) is 5.75 Å². The fraction of sp³-hybridized carbons (Fsp3) is 0.320. The topological polar surface area (TPSA) is 129 Å². The molecule has 3 aromatic rings. The van der Waals surface area contributed by atoms with Crippen molar-refractivity contribution in [2.45, 2.75) is 32.7 Å². The van der Waals surface area contributed by atoms with Crippen molar-refractivity contribution >= 4 is 28.8 Å². The summed E-state index contributed by atoms with van der Waals surface area (Å²) in [4.78, 5) is 55.1. The number of nitrogens with one attached hydrogen (secondary N) is 2. The standard InChI is InChI=1S/C25H28N4O5/c1-14(2)19(18(30)9-8-15-10-12-26-13-11-15)28-21-20(23(32)24(21)33)27-17-7-5-6-16(22(17)31)25(34)29(3)4/h5-7,10-14,19,27-28,31H,8-9H2,1-4H3/t19-/m1/s1. The molecule has 9 nitrogen and oxygen atoms in total. The highest BCUT2D eigenvalue weighted by atomic mass is 16.3. The Labute approximate surface area is 197 Å². The fourth-order valence-corrected chi connectivity index (χ4v) is 3.59. The van der Waals surface area contributed by atoms with Gasteiger partial charge in [0.05, 0.1) is 17.3 Å². The first-order valence-electron chi connectivity index (χ1n) is 10.9. The first kappa shape index (κ1) is 24.6. The molecule has 0 saturated heterocycles. The van der Waals surface area contributed by atoms with Crippen molar-refractivity contribution in [2.24, 2.45) is 5.92 Å². The number of nitrogens with zero attached hydrogens (tertiary/aromatic N) is 2. The molecule has 0 radical (unpaired) electrons. The Bertz CT molecular complexity index is 1260. The van der Waals surface area contributed by atoms with E-state index in [-0.39, 0.29) is 46.5 Å². The van der Waals surface area contributed by atoms with Crippen LogP contribution in [0.1, 0.15) is 36.2 Å². The van der Waals surface area contributed by atoms with Gasteiger partial charge in [0.1, 0.15) is 11.4 Å². The third-order valence-electron chi connectivity index (χ3n) is 5.57. The highest BCUT2D eigenvalue weighted by Gasteiger charge is 2.29. The first-order chi connectivity index (χ1) is 16.1. The quantitative estimate of drug-likeness (QED) is 0.308. The minimum atomic E-state index is -0.766. The summed E-state index contributed by atoms with van der Waals surface area (Å²) in [5.74, 6) is -0.984. The molecule has 0 aliphatic heterocycles. The zero-order valence-corrected chi connectivity index (χ0v) is 19.6. The third-order valence-corrected chi connectivity index (χ3v) is 5.57. The number of amides is 1. The van der Waals surface area contributed by atoms with Crippen LogP contribution in [0.25, 0.3) is 0 Å². The monoisotopic (exact) mass is 464 g/mol. The second-order valence-corrected chi connectivity index (χ2v) is 8.62. The summed E-state index contributed by atoms with van der Waals surface area (Å²) in [6, 6.07) is 7.50. The van der Waals surface area contributed by atoms with E-state index in [0.29, 0.717) is 6.42 Å². The number of para-hydroxylation sites is 1. The fourth-order valence-electron chi connectivity index (χ4n) is 3.59. The van der Waals surface area contributed by atoms with E-state index in [2.05, 4.69) is 15.6 Å². The lowest BCUT2D eigenvalue weighted by Crippen LogP contribution is -2.43. The molecule has 1 heterocycles. The normalized spacial score (nSPS) is 11.9. The second-order valence-electron chi connectivity index (χ2n) is 8.62. The highest BCUT2D eigenvalue weighted by molar-refractivity contribution is 5.99. The van der Waals surface area contributed by atoms with Crippen molar-refractivity contribution in [1.82, 2.24) is 9.88 Å². The van der Waals surface area contributed by atoms with Crippen LogP contribution < -0.4 is 21.5 Å². The number of pyridine rings is 1. The molecule has 0 unspecified atom stereocenters. The summed E-state index contributed by atoms with van der Waals surface area (Å²) < 4.78 is 0. The maximum Gasteiger partial charge on any atom is 0.257 e. The van der Waals surface area contributed by atoms with Crippen molar-refractivity contribution < 1.29 is 14.7 Å². The molecule has 0 aliphatic carbocycles. The lowest BCUT2D eigenvalue weighted by atomic mass is 9.94. The SMILES string of the molecule is CC(C)[C@@H](Nc1c(Nc2cccc(C(=O)N(C)C)c2O)c(=O)c1=O)C(=O)CCc1ccncc1. The van der Waals surface area contributed by atoms with Gasteiger partial charge in [-0.25, -0.2) is 0 Å². The Morgan fingerprint density at radius 1 is 1.03 bits per heavy atom. The minimum absolute atomic E-state index is 0.00954. The lowest BCUT2D eigenvalue weighted by molar-refractivity contribution is -0.120. The molecule has 178 valence electrons. The van der Waals surface area contributed by atoms with Gasteiger partial charge in [0.2, 0.25) is 0 Å². The number of aromatic hydroxyl groups is 1. The van der Waals surface area contributed by atoms with Gasteiger partial charge in [-0.2, -0.15) is 0 Å². The predicted octanol–water partition coefficient (Wildman–Crippen LogP) is 2.47. The molecule has 2 aromatic carbocycles. The number of phenols is 1. The van der Waals surface area contributed by atoms with E-state index < -0.39 is 22.8 Å². The van der Waals surface area contributed by atoms with Crippen LogP contribution in [0, 0.1) is 5.92 Å². The van der Waals surface area contributed by atoms with Crippen LogP contribution in [0.3, 0.4) is 0 Å². The maximum atomic E-state index is 12.9. The zero-order valence-electron chi connectivity index (χ0n) is 19.6. The predicted molar refractivity (Wildman–Crippen MR) is 131 cm³/mol. The summed E-state index contributed by atoms with van der Waals surface area (Å²) in [6.07, 6.45) is 4.11. The number of Topliss-reactive ketones (excluding diaryl/α,β-unsaturated/α-hetero) is 1. The van der Waals surface area contributed by atoms with Crippen LogP contribution in [0.5, 0.6) is 5.75 Å². The average Bonchev–Trinajstić information content (AvgIpc) is 2.82. The Hall–Kier alpha value is -4.01. The molecule has 1 amide bonds. The van der Waals surface area contributed by atoms with E-state index in [9.17, 15) is 24.3 Å². The number of ketones is 1. The van der Waals surface area contributed by atoms with Crippen LogP contribution in [-0.4, -0.2) is 46.8 Å². The number of carbonyl (C=O) groups excluding carboxylic acids is 2. The number of benzene rings is 1. The molecular formula is C25H28N4O5. The number of aryl methyl sites for hydroxylation is 1. The van der Waals surface area contributed by atoms with E-state index in [1.54, 1.807) is 32.6 Å². The summed E-state index contributed by atoms with van der Waals surface area (Å²) >= 11 is 0. The number of rotatable bonds is 10. The van der Waals surface area contributed by atoms with E-state index in [4.69, 9.17) is 0 Å². The number of anilines is 3. The maximum absolute atomic E-state index is 12.9. The number of carbonyl (C=O) groups is 2. The largest absolute Gasteiger partial charge is 0.505 e. The molecule has 0 spiro atoms. The van der Waals surface area contributed by atoms with Gasteiger partial charge in [-0.1, -0.05) is 19.9 Å². The molecular weight excluding hydrogens is 436 g/mol. The molecule has 3 rings (SSSR count). The first-order valence-corrected chi connectivity index (χ1v) is 10.9. The van der Waals surface area contributed by atoms with Crippen molar-refractivity contribution in [1.29, 1.82) is 0 Å². The van der Waals surface area contributed by atoms with Crippen LogP contribution in [0.2, 0.25) is 0 Å². The number of aromatic nitrogens is 1.